The Balaban J connectivity index is 2.63. The molecule has 1 aromatic rings. The minimum atomic E-state index is -1.11. The molecule has 0 saturated heterocycles. The Morgan fingerprint density at radius 3 is 2.78 bits per heavy atom. The maximum Gasteiger partial charge on any atom is 0.322 e. The molecule has 0 aliphatic heterocycles. The van der Waals surface area contributed by atoms with E-state index in [0.29, 0.717) is 10.8 Å². The smallest absolute Gasteiger partial charge is 0.322 e. The molecule has 0 saturated carbocycles. The monoisotopic (exact) mass is 271 g/mol. The van der Waals surface area contributed by atoms with Gasteiger partial charge in [0.15, 0.2) is 6.10 Å². The fraction of sp³-hybridized carbons (Fsp3) is 0.333. The molecule has 0 aromatic heterocycles. The van der Waals surface area contributed by atoms with Gasteiger partial charge in [-0.1, -0.05) is 17.7 Å². The predicted molar refractivity (Wildman–Crippen MR) is 66.9 cm³/mol. The zero-order chi connectivity index (χ0) is 13.7. The van der Waals surface area contributed by atoms with Gasteiger partial charge in [-0.15, -0.1) is 0 Å². The third-order valence-corrected chi connectivity index (χ3v) is 2.49. The number of carbonyl (C=O) groups excluding carboxylic acids is 1. The molecule has 0 fully saturated rings. The zero-order valence-corrected chi connectivity index (χ0v) is 10.8. The summed E-state index contributed by atoms with van der Waals surface area (Å²) in [6.45, 7) is 2.96. The van der Waals surface area contributed by atoms with Crippen molar-refractivity contribution < 1.29 is 19.4 Å². The van der Waals surface area contributed by atoms with Crippen molar-refractivity contribution >= 4 is 23.5 Å². The summed E-state index contributed by atoms with van der Waals surface area (Å²) in [6.07, 6.45) is -0.816. The van der Waals surface area contributed by atoms with Gasteiger partial charge < -0.3 is 15.2 Å². The Morgan fingerprint density at radius 1 is 1.50 bits per heavy atom. The molecule has 1 amide bonds. The van der Waals surface area contributed by atoms with Gasteiger partial charge in [0.2, 0.25) is 0 Å². The molecular weight excluding hydrogens is 258 g/mol. The Hall–Kier alpha value is -1.75. The highest BCUT2D eigenvalue weighted by Crippen LogP contribution is 2.26. The maximum atomic E-state index is 11.5. The summed E-state index contributed by atoms with van der Waals surface area (Å²) in [4.78, 5) is 21.8. The first-order chi connectivity index (χ1) is 8.40. The lowest BCUT2D eigenvalue weighted by Gasteiger charge is -2.15. The van der Waals surface area contributed by atoms with E-state index in [4.69, 9.17) is 21.4 Å². The summed E-state index contributed by atoms with van der Waals surface area (Å²) in [5.41, 5.74) is 0.951. The van der Waals surface area contributed by atoms with Crippen molar-refractivity contribution in [1.29, 1.82) is 0 Å². The van der Waals surface area contributed by atoms with Crippen molar-refractivity contribution in [1.82, 2.24) is 5.32 Å². The second kappa shape index (κ2) is 6.26. The van der Waals surface area contributed by atoms with E-state index in [1.165, 1.54) is 6.92 Å². The van der Waals surface area contributed by atoms with Crippen molar-refractivity contribution in [3.63, 3.8) is 0 Å². The van der Waals surface area contributed by atoms with Crippen molar-refractivity contribution in [2.45, 2.75) is 20.0 Å². The second-order valence-corrected chi connectivity index (χ2v) is 4.21. The summed E-state index contributed by atoms with van der Waals surface area (Å²) >= 11 is 5.92. The Bertz CT molecular complexity index is 461. The topological polar surface area (TPSA) is 75.6 Å². The molecule has 1 atom stereocenters. The van der Waals surface area contributed by atoms with Gasteiger partial charge in [0.05, 0.1) is 5.02 Å². The van der Waals surface area contributed by atoms with Crippen molar-refractivity contribution in [3.05, 3.63) is 28.8 Å². The molecule has 1 aromatic carbocycles. The van der Waals surface area contributed by atoms with Gasteiger partial charge in [0, 0.05) is 0 Å². The number of benzene rings is 1. The molecule has 0 bridgehead atoms. The highest BCUT2D eigenvalue weighted by atomic mass is 35.5. The van der Waals surface area contributed by atoms with Crippen LogP contribution in [0.25, 0.3) is 0 Å². The Kier molecular flexibility index (Phi) is 4.97. The summed E-state index contributed by atoms with van der Waals surface area (Å²) < 4.78 is 5.38. The van der Waals surface area contributed by atoms with Gasteiger partial charge in [-0.2, -0.15) is 0 Å². The molecule has 0 radical (unpaired) electrons. The first-order valence-corrected chi connectivity index (χ1v) is 5.70. The molecule has 18 heavy (non-hydrogen) atoms. The first-order valence-electron chi connectivity index (χ1n) is 5.32. The van der Waals surface area contributed by atoms with Crippen LogP contribution in [0, 0.1) is 6.92 Å². The number of carboxylic acids is 1. The van der Waals surface area contributed by atoms with Crippen LogP contribution < -0.4 is 10.1 Å². The average Bonchev–Trinajstić information content (AvgIpc) is 2.30. The number of aryl methyl sites for hydroxylation is 1. The van der Waals surface area contributed by atoms with E-state index in [9.17, 15) is 9.59 Å². The number of rotatable bonds is 5. The van der Waals surface area contributed by atoms with Crippen LogP contribution in [-0.2, 0) is 9.59 Å². The average molecular weight is 272 g/mol. The lowest BCUT2D eigenvalue weighted by atomic mass is 10.2. The van der Waals surface area contributed by atoms with Crippen molar-refractivity contribution in [2.24, 2.45) is 0 Å². The third-order valence-electron chi connectivity index (χ3n) is 2.17. The lowest BCUT2D eigenvalue weighted by molar-refractivity contribution is -0.139. The molecule has 0 heterocycles. The zero-order valence-electron chi connectivity index (χ0n) is 10.1. The minimum absolute atomic E-state index is 0.398. The summed E-state index contributed by atoms with van der Waals surface area (Å²) in [7, 11) is 0. The Labute approximate surface area is 110 Å². The van der Waals surface area contributed by atoms with Crippen LogP contribution in [0.1, 0.15) is 12.5 Å². The fourth-order valence-corrected chi connectivity index (χ4v) is 1.41. The molecule has 1 unspecified atom stereocenters. The van der Waals surface area contributed by atoms with Crippen LogP contribution >= 0.6 is 11.6 Å². The SMILES string of the molecule is Cc1ccc(Cl)c(OC(C)C(=O)NCC(=O)O)c1. The van der Waals surface area contributed by atoms with Crippen LogP contribution in [0.15, 0.2) is 18.2 Å². The number of hydrogen-bond donors (Lipinski definition) is 2. The molecule has 2 N–H and O–H groups in total. The van der Waals surface area contributed by atoms with E-state index in [2.05, 4.69) is 5.32 Å². The molecular formula is C12H14ClNO4. The van der Waals surface area contributed by atoms with Crippen molar-refractivity contribution in [3.8, 4) is 5.75 Å². The number of carboxylic acid groups (broad SMARTS) is 1. The minimum Gasteiger partial charge on any atom is -0.480 e. The van der Waals surface area contributed by atoms with Gasteiger partial charge in [-0.25, -0.2) is 0 Å². The number of ether oxygens (including phenoxy) is 1. The van der Waals surface area contributed by atoms with E-state index < -0.39 is 24.5 Å². The van der Waals surface area contributed by atoms with Gasteiger partial charge >= 0.3 is 5.97 Å². The van der Waals surface area contributed by atoms with Gasteiger partial charge in [0.1, 0.15) is 12.3 Å². The predicted octanol–water partition coefficient (Wildman–Crippen LogP) is 1.62. The number of carbonyl (C=O) groups is 2. The fourth-order valence-electron chi connectivity index (χ4n) is 1.25. The van der Waals surface area contributed by atoms with Crippen LogP contribution in [0.4, 0.5) is 0 Å². The summed E-state index contributed by atoms with van der Waals surface area (Å²) in [5, 5.41) is 11.1. The highest BCUT2D eigenvalue weighted by Gasteiger charge is 2.16. The van der Waals surface area contributed by atoms with Crippen LogP contribution in [0.2, 0.25) is 5.02 Å². The highest BCUT2D eigenvalue weighted by molar-refractivity contribution is 6.32. The van der Waals surface area contributed by atoms with Crippen LogP contribution in [-0.4, -0.2) is 29.6 Å². The summed E-state index contributed by atoms with van der Waals surface area (Å²) in [5.74, 6) is -1.21. The number of amides is 1. The molecule has 0 aliphatic rings. The maximum absolute atomic E-state index is 11.5. The standard InChI is InChI=1S/C12H14ClNO4/c1-7-3-4-9(13)10(5-7)18-8(2)12(17)14-6-11(15)16/h3-5,8H,6H2,1-2H3,(H,14,17)(H,15,16). The van der Waals surface area contributed by atoms with E-state index in [1.807, 2.05) is 13.0 Å². The first kappa shape index (κ1) is 14.3. The quantitative estimate of drug-likeness (QED) is 0.853. The van der Waals surface area contributed by atoms with Crippen LogP contribution in [0.5, 0.6) is 5.75 Å². The molecule has 6 heteroatoms. The van der Waals surface area contributed by atoms with Crippen LogP contribution in [0.3, 0.4) is 0 Å². The molecule has 0 spiro atoms. The molecule has 98 valence electrons. The van der Waals surface area contributed by atoms with E-state index in [-0.39, 0.29) is 0 Å². The van der Waals surface area contributed by atoms with Gasteiger partial charge in [-0.3, -0.25) is 9.59 Å². The lowest BCUT2D eigenvalue weighted by Crippen LogP contribution is -2.39. The molecule has 0 aliphatic carbocycles. The number of halogens is 1. The van der Waals surface area contributed by atoms with Gasteiger partial charge in [0.25, 0.3) is 5.91 Å². The molecule has 1 rings (SSSR count). The van der Waals surface area contributed by atoms with E-state index in [0.717, 1.165) is 5.56 Å². The van der Waals surface area contributed by atoms with Crippen molar-refractivity contribution in [2.75, 3.05) is 6.54 Å². The normalized spacial score (nSPS) is 11.7. The number of nitrogens with one attached hydrogen (secondary N) is 1. The van der Waals surface area contributed by atoms with E-state index >= 15 is 0 Å². The number of aliphatic carboxylic acids is 1. The summed E-state index contributed by atoms with van der Waals surface area (Å²) in [6, 6.07) is 5.21. The third kappa shape index (κ3) is 4.25. The Morgan fingerprint density at radius 2 is 2.17 bits per heavy atom. The second-order valence-electron chi connectivity index (χ2n) is 3.81. The number of hydrogen-bond acceptors (Lipinski definition) is 3. The largest absolute Gasteiger partial charge is 0.480 e. The van der Waals surface area contributed by atoms with Gasteiger partial charge in [-0.05, 0) is 31.5 Å². The van der Waals surface area contributed by atoms with E-state index in [1.54, 1.807) is 12.1 Å². The molecule has 5 nitrogen and oxygen atoms in total.